The van der Waals surface area contributed by atoms with E-state index in [4.69, 9.17) is 0 Å². The molecule has 0 spiro atoms. The van der Waals surface area contributed by atoms with Gasteiger partial charge in [0.25, 0.3) is 0 Å². The normalized spacial score (nSPS) is 8.64. The van der Waals surface area contributed by atoms with Gasteiger partial charge in [-0.2, -0.15) is 0 Å². The Morgan fingerprint density at radius 2 is 1.73 bits per heavy atom. The van der Waals surface area contributed by atoms with Crippen molar-refractivity contribution in [1.29, 1.82) is 0 Å². The van der Waals surface area contributed by atoms with Gasteiger partial charge in [-0.15, -0.1) is 0 Å². The lowest BCUT2D eigenvalue weighted by Gasteiger charge is -2.16. The highest BCUT2D eigenvalue weighted by Crippen LogP contribution is 1.94. The molecule has 0 saturated heterocycles. The molecule has 0 rings (SSSR count). The first-order chi connectivity index (χ1) is 5.04. The number of amides is 1. The van der Waals surface area contributed by atoms with Crippen LogP contribution in [0.15, 0.2) is 0 Å². The highest BCUT2D eigenvalue weighted by atomic mass is 16.2. The van der Waals surface area contributed by atoms with Crippen LogP contribution < -0.4 is 0 Å². The number of carbonyl (C=O) groups excluding carboxylic acids is 1. The van der Waals surface area contributed by atoms with E-state index in [0.29, 0.717) is 5.92 Å². The predicted molar refractivity (Wildman–Crippen MR) is 49.5 cm³/mol. The van der Waals surface area contributed by atoms with Crippen LogP contribution in [0.3, 0.4) is 0 Å². The van der Waals surface area contributed by atoms with Crippen LogP contribution in [0.4, 0.5) is 0 Å². The van der Waals surface area contributed by atoms with Crippen LogP contribution in [0.5, 0.6) is 0 Å². The van der Waals surface area contributed by atoms with Crippen LogP contribution in [0.2, 0.25) is 0 Å². The van der Waals surface area contributed by atoms with Crippen molar-refractivity contribution < 1.29 is 4.79 Å². The average molecular weight is 159 g/mol. The molecule has 0 heterocycles. The SMILES string of the molecule is CC.CC(=O)N(C)CC(C)C. The number of rotatable bonds is 2. The lowest BCUT2D eigenvalue weighted by molar-refractivity contribution is -0.127. The van der Waals surface area contributed by atoms with Gasteiger partial charge in [0.2, 0.25) is 5.91 Å². The van der Waals surface area contributed by atoms with Crippen molar-refractivity contribution in [3.8, 4) is 0 Å². The summed E-state index contributed by atoms with van der Waals surface area (Å²) in [6.45, 7) is 10.6. The summed E-state index contributed by atoms with van der Waals surface area (Å²) >= 11 is 0. The zero-order chi connectivity index (χ0) is 9.44. The molecule has 0 aromatic rings. The quantitative estimate of drug-likeness (QED) is 0.604. The third-order valence-corrected chi connectivity index (χ3v) is 1.18. The maximum atomic E-state index is 10.6. The molecule has 0 fully saturated rings. The van der Waals surface area contributed by atoms with Gasteiger partial charge in [-0.1, -0.05) is 27.7 Å². The minimum Gasteiger partial charge on any atom is -0.346 e. The van der Waals surface area contributed by atoms with Gasteiger partial charge in [-0.3, -0.25) is 4.79 Å². The van der Waals surface area contributed by atoms with Crippen molar-refractivity contribution in [2.75, 3.05) is 13.6 Å². The molecule has 0 unspecified atom stereocenters. The number of hydrogen-bond acceptors (Lipinski definition) is 1. The molecule has 0 radical (unpaired) electrons. The molecule has 2 nitrogen and oxygen atoms in total. The van der Waals surface area contributed by atoms with Crippen LogP contribution in [0, 0.1) is 5.92 Å². The summed E-state index contributed by atoms with van der Waals surface area (Å²) in [4.78, 5) is 12.3. The molecule has 2 heteroatoms. The lowest BCUT2D eigenvalue weighted by Crippen LogP contribution is -2.27. The van der Waals surface area contributed by atoms with Crippen LogP contribution in [-0.2, 0) is 4.79 Å². The fraction of sp³-hybridized carbons (Fsp3) is 0.889. The Bertz CT molecular complexity index is 99.7. The third kappa shape index (κ3) is 9.47. The fourth-order valence-corrected chi connectivity index (χ4v) is 0.676. The van der Waals surface area contributed by atoms with E-state index >= 15 is 0 Å². The summed E-state index contributed by atoms with van der Waals surface area (Å²) in [6, 6.07) is 0. The van der Waals surface area contributed by atoms with E-state index in [1.165, 1.54) is 0 Å². The highest BCUT2D eigenvalue weighted by Gasteiger charge is 2.02. The second-order valence-electron chi connectivity index (χ2n) is 2.79. The number of nitrogens with zero attached hydrogens (tertiary/aromatic N) is 1. The Morgan fingerprint density at radius 3 is 1.82 bits per heavy atom. The molecule has 0 aliphatic heterocycles. The maximum absolute atomic E-state index is 10.6. The van der Waals surface area contributed by atoms with Gasteiger partial charge in [0.1, 0.15) is 0 Å². The number of hydrogen-bond donors (Lipinski definition) is 0. The van der Waals surface area contributed by atoms with Crippen LogP contribution in [0.1, 0.15) is 34.6 Å². The van der Waals surface area contributed by atoms with Crippen LogP contribution >= 0.6 is 0 Å². The van der Waals surface area contributed by atoms with E-state index in [1.54, 1.807) is 11.8 Å². The molecule has 11 heavy (non-hydrogen) atoms. The molecule has 0 aliphatic carbocycles. The van der Waals surface area contributed by atoms with Crippen molar-refractivity contribution in [2.24, 2.45) is 5.92 Å². The second kappa shape index (κ2) is 7.58. The molecule has 0 saturated carbocycles. The van der Waals surface area contributed by atoms with Crippen molar-refractivity contribution in [3.05, 3.63) is 0 Å². The second-order valence-corrected chi connectivity index (χ2v) is 2.79. The first-order valence-corrected chi connectivity index (χ1v) is 4.25. The Labute approximate surface area is 70.6 Å². The summed E-state index contributed by atoms with van der Waals surface area (Å²) in [5.41, 5.74) is 0. The zero-order valence-corrected chi connectivity index (χ0v) is 8.64. The first-order valence-electron chi connectivity index (χ1n) is 4.25. The Hall–Kier alpha value is -0.530. The van der Waals surface area contributed by atoms with Crippen LogP contribution in [0.25, 0.3) is 0 Å². The smallest absolute Gasteiger partial charge is 0.219 e. The molecule has 0 atom stereocenters. The summed E-state index contributed by atoms with van der Waals surface area (Å²) < 4.78 is 0. The highest BCUT2D eigenvalue weighted by molar-refractivity contribution is 5.72. The largest absolute Gasteiger partial charge is 0.346 e. The van der Waals surface area contributed by atoms with Gasteiger partial charge in [0.05, 0.1) is 0 Å². The van der Waals surface area contributed by atoms with Gasteiger partial charge in [-0.25, -0.2) is 0 Å². The minimum atomic E-state index is 0.142. The fourth-order valence-electron chi connectivity index (χ4n) is 0.676. The van der Waals surface area contributed by atoms with Crippen LogP contribution in [-0.4, -0.2) is 24.4 Å². The molecule has 1 amide bonds. The lowest BCUT2D eigenvalue weighted by atomic mass is 10.2. The molecule has 0 bridgehead atoms. The van der Waals surface area contributed by atoms with Gasteiger partial charge >= 0.3 is 0 Å². The van der Waals surface area contributed by atoms with Crippen molar-refractivity contribution in [1.82, 2.24) is 4.90 Å². The third-order valence-electron chi connectivity index (χ3n) is 1.18. The molecule has 0 aromatic heterocycles. The maximum Gasteiger partial charge on any atom is 0.219 e. The topological polar surface area (TPSA) is 20.3 Å². The van der Waals surface area contributed by atoms with Crippen molar-refractivity contribution >= 4 is 5.91 Å². The monoisotopic (exact) mass is 159 g/mol. The summed E-state index contributed by atoms with van der Waals surface area (Å²) in [5, 5.41) is 0. The zero-order valence-electron chi connectivity index (χ0n) is 8.64. The van der Waals surface area contributed by atoms with E-state index < -0.39 is 0 Å². The molecule has 0 N–H and O–H groups in total. The number of carbonyl (C=O) groups is 1. The molecular weight excluding hydrogens is 138 g/mol. The standard InChI is InChI=1S/C7H15NO.C2H6/c1-6(2)5-8(4)7(3)9;1-2/h6H,5H2,1-4H3;1-2H3. The first kappa shape index (κ1) is 13.1. The summed E-state index contributed by atoms with van der Waals surface area (Å²) in [7, 11) is 1.82. The average Bonchev–Trinajstić information content (AvgIpc) is 1.90. The molecule has 0 aliphatic rings. The Morgan fingerprint density at radius 1 is 1.36 bits per heavy atom. The predicted octanol–water partition coefficient (Wildman–Crippen LogP) is 2.15. The Balaban J connectivity index is 0. The van der Waals surface area contributed by atoms with E-state index in [9.17, 15) is 4.79 Å². The molecular formula is C9H21NO. The van der Waals surface area contributed by atoms with E-state index in [0.717, 1.165) is 6.54 Å². The minimum absolute atomic E-state index is 0.142. The van der Waals surface area contributed by atoms with Gasteiger partial charge in [0, 0.05) is 20.5 Å². The summed E-state index contributed by atoms with van der Waals surface area (Å²) in [6.07, 6.45) is 0. The van der Waals surface area contributed by atoms with E-state index in [1.807, 2.05) is 20.9 Å². The molecule has 68 valence electrons. The van der Waals surface area contributed by atoms with Gasteiger partial charge in [0.15, 0.2) is 0 Å². The van der Waals surface area contributed by atoms with E-state index in [-0.39, 0.29) is 5.91 Å². The van der Waals surface area contributed by atoms with E-state index in [2.05, 4.69) is 13.8 Å². The van der Waals surface area contributed by atoms with Gasteiger partial charge < -0.3 is 4.90 Å². The molecule has 0 aromatic carbocycles. The van der Waals surface area contributed by atoms with Crippen molar-refractivity contribution in [2.45, 2.75) is 34.6 Å². The van der Waals surface area contributed by atoms with Gasteiger partial charge in [-0.05, 0) is 5.92 Å². The van der Waals surface area contributed by atoms with Crippen molar-refractivity contribution in [3.63, 3.8) is 0 Å². The Kier molecular flexibility index (Phi) is 9.01. The summed E-state index contributed by atoms with van der Waals surface area (Å²) in [5.74, 6) is 0.711.